The van der Waals surface area contributed by atoms with Gasteiger partial charge in [-0.2, -0.15) is 5.21 Å². The third-order valence-corrected chi connectivity index (χ3v) is 3.35. The predicted octanol–water partition coefficient (Wildman–Crippen LogP) is 1.92. The Morgan fingerprint density at radius 2 is 2.30 bits per heavy atom. The smallest absolute Gasteiger partial charge is 0.410 e. The standard InChI is InChI=1S/C13H15N5O2.H2/c19-13(20-9-10-5-2-1-3-6-10)18-8-4-7-11(18)12-14-16-17-15-12;/h1-3,5-6,11H,4,7-9H2,(H,14,15,16,17);1H/t11-;/m0./s1. The van der Waals surface area contributed by atoms with Gasteiger partial charge in [-0.25, -0.2) is 4.79 Å². The molecule has 1 amide bonds. The van der Waals surface area contributed by atoms with Crippen molar-refractivity contribution >= 4 is 6.09 Å². The Balaban J connectivity index is 0.00000161. The van der Waals surface area contributed by atoms with Crippen molar-refractivity contribution in [1.29, 1.82) is 0 Å². The second-order valence-electron chi connectivity index (χ2n) is 4.66. The Bertz CT molecular complexity index is 563. The molecule has 20 heavy (non-hydrogen) atoms. The minimum atomic E-state index is -0.332. The van der Waals surface area contributed by atoms with Crippen LogP contribution in [-0.2, 0) is 11.3 Å². The van der Waals surface area contributed by atoms with E-state index in [0.29, 0.717) is 12.4 Å². The van der Waals surface area contributed by atoms with Gasteiger partial charge in [0, 0.05) is 7.97 Å². The van der Waals surface area contributed by atoms with E-state index in [1.165, 1.54) is 0 Å². The van der Waals surface area contributed by atoms with Crippen molar-refractivity contribution in [2.45, 2.75) is 25.5 Å². The summed E-state index contributed by atoms with van der Waals surface area (Å²) in [4.78, 5) is 13.8. The lowest BCUT2D eigenvalue weighted by molar-refractivity contribution is 0.0908. The average molecular weight is 275 g/mol. The zero-order valence-corrected chi connectivity index (χ0v) is 10.9. The Labute approximate surface area is 117 Å². The van der Waals surface area contributed by atoms with E-state index in [4.69, 9.17) is 4.74 Å². The summed E-state index contributed by atoms with van der Waals surface area (Å²) in [5, 5.41) is 13.9. The van der Waals surface area contributed by atoms with Crippen LogP contribution in [0.25, 0.3) is 0 Å². The number of aromatic nitrogens is 4. The minimum absolute atomic E-state index is 0. The number of H-pyrrole nitrogens is 1. The van der Waals surface area contributed by atoms with Crippen molar-refractivity contribution in [1.82, 2.24) is 25.5 Å². The number of ether oxygens (including phenoxy) is 1. The van der Waals surface area contributed by atoms with Gasteiger partial charge in [0.15, 0.2) is 5.82 Å². The van der Waals surface area contributed by atoms with Crippen LogP contribution in [0.1, 0.15) is 31.7 Å². The summed E-state index contributed by atoms with van der Waals surface area (Å²) in [6.45, 7) is 0.933. The van der Waals surface area contributed by atoms with Crippen molar-refractivity contribution < 1.29 is 11.0 Å². The first-order chi connectivity index (χ1) is 9.84. The fourth-order valence-electron chi connectivity index (χ4n) is 2.37. The molecule has 7 nitrogen and oxygen atoms in total. The number of benzene rings is 1. The Morgan fingerprint density at radius 1 is 1.45 bits per heavy atom. The molecule has 106 valence electrons. The van der Waals surface area contributed by atoms with Gasteiger partial charge in [-0.05, 0) is 18.4 Å². The van der Waals surface area contributed by atoms with Crippen LogP contribution < -0.4 is 0 Å². The van der Waals surface area contributed by atoms with E-state index >= 15 is 0 Å². The number of amides is 1. The molecule has 1 aliphatic heterocycles. The first kappa shape index (κ1) is 12.6. The highest BCUT2D eigenvalue weighted by atomic mass is 16.6. The molecule has 1 aromatic carbocycles. The van der Waals surface area contributed by atoms with Gasteiger partial charge >= 0.3 is 6.09 Å². The maximum Gasteiger partial charge on any atom is 0.410 e. The quantitative estimate of drug-likeness (QED) is 0.925. The molecule has 0 aliphatic carbocycles. The zero-order chi connectivity index (χ0) is 13.8. The number of likely N-dealkylation sites (tertiary alicyclic amines) is 1. The number of nitrogens with one attached hydrogen (secondary N) is 1. The van der Waals surface area contributed by atoms with E-state index in [0.717, 1.165) is 18.4 Å². The third-order valence-electron chi connectivity index (χ3n) is 3.35. The highest BCUT2D eigenvalue weighted by Gasteiger charge is 2.33. The summed E-state index contributed by atoms with van der Waals surface area (Å²) in [6, 6.07) is 9.47. The maximum absolute atomic E-state index is 12.1. The van der Waals surface area contributed by atoms with Crippen LogP contribution in [0, 0.1) is 0 Å². The van der Waals surface area contributed by atoms with Crippen LogP contribution in [0.15, 0.2) is 30.3 Å². The lowest BCUT2D eigenvalue weighted by Gasteiger charge is -2.21. The number of aromatic amines is 1. The Hall–Kier alpha value is -2.44. The first-order valence-electron chi connectivity index (χ1n) is 6.55. The van der Waals surface area contributed by atoms with E-state index in [-0.39, 0.29) is 20.2 Å². The average Bonchev–Trinajstić information content (AvgIpc) is 3.15. The van der Waals surface area contributed by atoms with Crippen LogP contribution in [0.3, 0.4) is 0 Å². The second-order valence-corrected chi connectivity index (χ2v) is 4.66. The van der Waals surface area contributed by atoms with Crippen LogP contribution in [0.4, 0.5) is 4.79 Å². The summed E-state index contributed by atoms with van der Waals surface area (Å²) in [5.41, 5.74) is 0.969. The predicted molar refractivity (Wildman–Crippen MR) is 71.6 cm³/mol. The molecule has 1 aromatic heterocycles. The minimum Gasteiger partial charge on any atom is -0.445 e. The molecular weight excluding hydrogens is 258 g/mol. The summed E-state index contributed by atoms with van der Waals surface area (Å²) in [5.74, 6) is 0.541. The van der Waals surface area contributed by atoms with Gasteiger partial charge in [0.05, 0.1) is 6.04 Å². The number of rotatable bonds is 3. The van der Waals surface area contributed by atoms with Gasteiger partial charge in [-0.15, -0.1) is 10.2 Å². The summed E-state index contributed by atoms with van der Waals surface area (Å²) in [6.07, 6.45) is 1.42. The van der Waals surface area contributed by atoms with Crippen LogP contribution in [0.5, 0.6) is 0 Å². The SMILES string of the molecule is O=C(OCc1ccccc1)N1CCC[C@H]1c1nn[nH]n1.[HH]. The Morgan fingerprint density at radius 3 is 3.05 bits per heavy atom. The van der Waals surface area contributed by atoms with Crippen LogP contribution in [0.2, 0.25) is 0 Å². The monoisotopic (exact) mass is 275 g/mol. The van der Waals surface area contributed by atoms with Gasteiger partial charge in [0.25, 0.3) is 0 Å². The van der Waals surface area contributed by atoms with E-state index in [9.17, 15) is 4.79 Å². The topological polar surface area (TPSA) is 84.0 Å². The molecule has 3 rings (SSSR count). The third kappa shape index (κ3) is 2.61. The van der Waals surface area contributed by atoms with Gasteiger partial charge in [0.2, 0.25) is 0 Å². The molecular formula is C13H17N5O2. The number of nitrogens with zero attached hydrogens (tertiary/aromatic N) is 4. The molecule has 1 atom stereocenters. The number of hydrogen-bond acceptors (Lipinski definition) is 5. The molecule has 2 heterocycles. The summed E-state index contributed by atoms with van der Waals surface area (Å²) < 4.78 is 5.34. The first-order valence-corrected chi connectivity index (χ1v) is 6.55. The molecule has 2 aromatic rings. The van der Waals surface area contributed by atoms with Crippen molar-refractivity contribution in [2.75, 3.05) is 6.54 Å². The molecule has 1 saturated heterocycles. The molecule has 0 radical (unpaired) electrons. The van der Waals surface area contributed by atoms with Gasteiger partial charge in [0.1, 0.15) is 6.61 Å². The van der Waals surface area contributed by atoms with Gasteiger partial charge in [-0.1, -0.05) is 35.5 Å². The molecule has 7 heteroatoms. The van der Waals surface area contributed by atoms with E-state index in [1.54, 1.807) is 4.90 Å². The van der Waals surface area contributed by atoms with Gasteiger partial charge < -0.3 is 4.74 Å². The lowest BCUT2D eigenvalue weighted by Crippen LogP contribution is -2.31. The second kappa shape index (κ2) is 5.68. The maximum atomic E-state index is 12.1. The number of carbonyl (C=O) groups excluding carboxylic acids is 1. The zero-order valence-electron chi connectivity index (χ0n) is 10.9. The molecule has 0 spiro atoms. The molecule has 0 saturated carbocycles. The van der Waals surface area contributed by atoms with Crippen molar-refractivity contribution in [2.24, 2.45) is 0 Å². The highest BCUT2D eigenvalue weighted by molar-refractivity contribution is 5.68. The summed E-state index contributed by atoms with van der Waals surface area (Å²) in [7, 11) is 0. The number of hydrogen-bond donors (Lipinski definition) is 1. The van der Waals surface area contributed by atoms with E-state index in [1.807, 2.05) is 30.3 Å². The Kier molecular flexibility index (Phi) is 3.58. The fraction of sp³-hybridized carbons (Fsp3) is 0.385. The lowest BCUT2D eigenvalue weighted by atomic mass is 10.2. The largest absolute Gasteiger partial charge is 0.445 e. The van der Waals surface area contributed by atoms with Crippen molar-refractivity contribution in [3.63, 3.8) is 0 Å². The van der Waals surface area contributed by atoms with Crippen molar-refractivity contribution in [3.05, 3.63) is 41.7 Å². The van der Waals surface area contributed by atoms with Crippen LogP contribution in [-0.4, -0.2) is 38.2 Å². The van der Waals surface area contributed by atoms with E-state index in [2.05, 4.69) is 20.6 Å². The molecule has 0 bridgehead atoms. The molecule has 1 aliphatic rings. The van der Waals surface area contributed by atoms with Crippen LogP contribution >= 0.6 is 0 Å². The molecule has 1 fully saturated rings. The number of tetrazole rings is 1. The molecule has 1 N–H and O–H groups in total. The fourth-order valence-corrected chi connectivity index (χ4v) is 2.37. The highest BCUT2D eigenvalue weighted by Crippen LogP contribution is 2.29. The number of carbonyl (C=O) groups is 1. The summed E-state index contributed by atoms with van der Waals surface area (Å²) >= 11 is 0. The van der Waals surface area contributed by atoms with Gasteiger partial charge in [-0.3, -0.25) is 4.90 Å². The van der Waals surface area contributed by atoms with Crippen molar-refractivity contribution in [3.8, 4) is 0 Å². The molecule has 0 unspecified atom stereocenters. The van der Waals surface area contributed by atoms with E-state index < -0.39 is 0 Å². The normalized spacial score (nSPS) is 18.2.